The van der Waals surface area contributed by atoms with Crippen molar-refractivity contribution in [2.45, 2.75) is 26.7 Å². The number of carbonyl (C=O) groups excluding carboxylic acids is 4. The molecule has 7 heteroatoms. The average Bonchev–Trinajstić information content (AvgIpc) is 2.95. The summed E-state index contributed by atoms with van der Waals surface area (Å²) >= 11 is 0. The highest BCUT2D eigenvalue weighted by Crippen LogP contribution is 2.28. The molecular weight excluding hydrogens is 372 g/mol. The molecule has 0 saturated carbocycles. The molecule has 2 aliphatic heterocycles. The van der Waals surface area contributed by atoms with Crippen molar-refractivity contribution in [2.24, 2.45) is 5.92 Å². The van der Waals surface area contributed by atoms with Crippen molar-refractivity contribution in [3.8, 4) is 0 Å². The molecule has 4 rings (SSSR count). The van der Waals surface area contributed by atoms with Gasteiger partial charge in [-0.15, -0.1) is 0 Å². The number of fused-ring (bicyclic) bond motifs is 1. The number of amides is 3. The minimum atomic E-state index is -0.694. The molecule has 2 aliphatic rings. The van der Waals surface area contributed by atoms with Gasteiger partial charge in [0.2, 0.25) is 5.91 Å². The Kier molecular flexibility index (Phi) is 4.66. The minimum absolute atomic E-state index is 0.0713. The van der Waals surface area contributed by atoms with Crippen LogP contribution < -0.4 is 4.90 Å². The fourth-order valence-corrected chi connectivity index (χ4v) is 3.60. The summed E-state index contributed by atoms with van der Waals surface area (Å²) in [5.41, 5.74) is 3.30. The zero-order valence-corrected chi connectivity index (χ0v) is 16.2. The number of piperidine rings is 1. The molecule has 29 heavy (non-hydrogen) atoms. The van der Waals surface area contributed by atoms with Crippen molar-refractivity contribution < 1.29 is 24.0 Å². The molecule has 0 aromatic heterocycles. The Labute approximate surface area is 167 Å². The molecule has 1 saturated heterocycles. The van der Waals surface area contributed by atoms with Gasteiger partial charge < -0.3 is 9.74 Å². The summed E-state index contributed by atoms with van der Waals surface area (Å²) < 4.78 is 0. The summed E-state index contributed by atoms with van der Waals surface area (Å²) in [6, 6.07) is 12.0. The first-order chi connectivity index (χ1) is 13.9. The zero-order valence-electron chi connectivity index (χ0n) is 16.2. The highest BCUT2D eigenvalue weighted by molar-refractivity contribution is 6.20. The first-order valence-electron chi connectivity index (χ1n) is 9.44. The van der Waals surface area contributed by atoms with Crippen LogP contribution >= 0.6 is 0 Å². The van der Waals surface area contributed by atoms with Gasteiger partial charge in [0, 0.05) is 18.7 Å². The summed E-state index contributed by atoms with van der Waals surface area (Å²) in [7, 11) is 0. The number of aryl methyl sites for hydroxylation is 2. The van der Waals surface area contributed by atoms with E-state index in [1.54, 1.807) is 17.0 Å². The van der Waals surface area contributed by atoms with Gasteiger partial charge in [0.25, 0.3) is 11.8 Å². The number of hydroxylamine groups is 2. The van der Waals surface area contributed by atoms with Crippen molar-refractivity contribution >= 4 is 29.4 Å². The molecule has 1 fully saturated rings. The Balaban J connectivity index is 1.49. The molecule has 148 valence electrons. The summed E-state index contributed by atoms with van der Waals surface area (Å²) in [5.74, 6) is -2.70. The van der Waals surface area contributed by atoms with E-state index in [9.17, 15) is 19.2 Å². The lowest BCUT2D eigenvalue weighted by Gasteiger charge is -2.32. The molecule has 2 aromatic rings. The van der Waals surface area contributed by atoms with Crippen LogP contribution in [-0.4, -0.2) is 35.3 Å². The van der Waals surface area contributed by atoms with Crippen LogP contribution in [0.15, 0.2) is 42.5 Å². The van der Waals surface area contributed by atoms with Crippen LogP contribution in [0.5, 0.6) is 0 Å². The zero-order chi connectivity index (χ0) is 20.7. The van der Waals surface area contributed by atoms with Crippen LogP contribution in [0.2, 0.25) is 0 Å². The van der Waals surface area contributed by atoms with Gasteiger partial charge in [0.05, 0.1) is 17.0 Å². The SMILES string of the molecule is Cc1ccc(N2CC(C(=O)ON3C(=O)c4ccccc4C3=O)CCC2=O)cc1C. The molecule has 2 aromatic carbocycles. The summed E-state index contributed by atoms with van der Waals surface area (Å²) in [4.78, 5) is 56.6. The first kappa shape index (κ1) is 18.9. The molecule has 3 amide bonds. The van der Waals surface area contributed by atoms with Crippen molar-refractivity contribution in [2.75, 3.05) is 11.4 Å². The smallest absolute Gasteiger partial charge is 0.329 e. The summed E-state index contributed by atoms with van der Waals surface area (Å²) in [6.07, 6.45) is 0.497. The molecule has 7 nitrogen and oxygen atoms in total. The number of imide groups is 1. The fourth-order valence-electron chi connectivity index (χ4n) is 3.60. The fraction of sp³-hybridized carbons (Fsp3) is 0.273. The predicted molar refractivity (Wildman–Crippen MR) is 104 cm³/mol. The number of rotatable bonds is 3. The van der Waals surface area contributed by atoms with Crippen LogP contribution in [0.1, 0.15) is 44.7 Å². The number of benzene rings is 2. The minimum Gasteiger partial charge on any atom is -0.329 e. The number of hydrogen-bond donors (Lipinski definition) is 0. The predicted octanol–water partition coefficient (Wildman–Crippen LogP) is 2.80. The number of hydrogen-bond acceptors (Lipinski definition) is 5. The number of anilines is 1. The van der Waals surface area contributed by atoms with Crippen LogP contribution in [0, 0.1) is 19.8 Å². The van der Waals surface area contributed by atoms with Crippen LogP contribution in [0.4, 0.5) is 5.69 Å². The molecule has 1 atom stereocenters. The second-order valence-electron chi connectivity index (χ2n) is 7.37. The van der Waals surface area contributed by atoms with Crippen molar-refractivity contribution in [1.82, 2.24) is 5.06 Å². The second-order valence-corrected chi connectivity index (χ2v) is 7.37. The topological polar surface area (TPSA) is 84.0 Å². The van der Waals surface area contributed by atoms with Gasteiger partial charge in [0.1, 0.15) is 0 Å². The molecule has 0 spiro atoms. The summed E-state index contributed by atoms with van der Waals surface area (Å²) in [5, 5.41) is 0.518. The lowest BCUT2D eigenvalue weighted by Crippen LogP contribution is -2.45. The number of carbonyl (C=O) groups is 4. The Hall–Kier alpha value is -3.48. The van der Waals surface area contributed by atoms with E-state index in [1.807, 2.05) is 32.0 Å². The number of nitrogens with zero attached hydrogens (tertiary/aromatic N) is 2. The third kappa shape index (κ3) is 3.29. The van der Waals surface area contributed by atoms with E-state index >= 15 is 0 Å². The van der Waals surface area contributed by atoms with Crippen LogP contribution in [0.25, 0.3) is 0 Å². The van der Waals surface area contributed by atoms with Gasteiger partial charge in [0.15, 0.2) is 0 Å². The normalized spacial score (nSPS) is 18.8. The van der Waals surface area contributed by atoms with E-state index < -0.39 is 23.7 Å². The Morgan fingerprint density at radius 3 is 2.24 bits per heavy atom. The maximum absolute atomic E-state index is 12.7. The van der Waals surface area contributed by atoms with E-state index in [0.717, 1.165) is 16.8 Å². The molecule has 1 unspecified atom stereocenters. The van der Waals surface area contributed by atoms with E-state index in [2.05, 4.69) is 0 Å². The van der Waals surface area contributed by atoms with Crippen LogP contribution in [0.3, 0.4) is 0 Å². The average molecular weight is 392 g/mol. The van der Waals surface area contributed by atoms with Crippen molar-refractivity contribution in [1.29, 1.82) is 0 Å². The maximum atomic E-state index is 12.7. The molecule has 0 N–H and O–H groups in total. The Morgan fingerprint density at radius 2 is 1.62 bits per heavy atom. The van der Waals surface area contributed by atoms with E-state index in [1.165, 1.54) is 12.1 Å². The Bertz CT molecular complexity index is 1010. The lowest BCUT2D eigenvalue weighted by molar-refractivity contribution is -0.174. The van der Waals surface area contributed by atoms with Gasteiger partial charge in [-0.3, -0.25) is 14.4 Å². The lowest BCUT2D eigenvalue weighted by atomic mass is 9.96. The molecule has 2 heterocycles. The molecule has 0 bridgehead atoms. The van der Waals surface area contributed by atoms with Crippen molar-refractivity contribution in [3.63, 3.8) is 0 Å². The Morgan fingerprint density at radius 1 is 0.966 bits per heavy atom. The highest BCUT2D eigenvalue weighted by Gasteiger charge is 2.41. The maximum Gasteiger partial charge on any atom is 0.338 e. The monoisotopic (exact) mass is 392 g/mol. The van der Waals surface area contributed by atoms with Gasteiger partial charge >= 0.3 is 5.97 Å². The molecular formula is C22H20N2O5. The largest absolute Gasteiger partial charge is 0.338 e. The molecule has 0 aliphatic carbocycles. The van der Waals surface area contributed by atoms with Crippen LogP contribution in [-0.2, 0) is 14.4 Å². The molecule has 0 radical (unpaired) electrons. The van der Waals surface area contributed by atoms with Gasteiger partial charge in [-0.25, -0.2) is 4.79 Å². The van der Waals surface area contributed by atoms with Gasteiger partial charge in [-0.1, -0.05) is 23.3 Å². The van der Waals surface area contributed by atoms with Crippen molar-refractivity contribution in [3.05, 3.63) is 64.7 Å². The first-order valence-corrected chi connectivity index (χ1v) is 9.44. The standard InChI is InChI=1S/C22H20N2O5/c1-13-7-9-16(11-14(13)2)23-12-15(8-10-19(23)25)22(28)29-24-20(26)17-5-3-4-6-18(17)21(24)27/h3-7,9,11,15H,8,10,12H2,1-2H3. The van der Waals surface area contributed by atoms with Gasteiger partial charge in [-0.2, -0.15) is 0 Å². The quantitative estimate of drug-likeness (QED) is 0.750. The highest BCUT2D eigenvalue weighted by atomic mass is 16.7. The van der Waals surface area contributed by atoms with E-state index in [4.69, 9.17) is 4.84 Å². The van der Waals surface area contributed by atoms with Gasteiger partial charge in [-0.05, 0) is 55.7 Å². The third-order valence-corrected chi connectivity index (χ3v) is 5.48. The third-order valence-electron chi connectivity index (χ3n) is 5.48. The van der Waals surface area contributed by atoms with E-state index in [0.29, 0.717) is 11.5 Å². The van der Waals surface area contributed by atoms with E-state index in [-0.39, 0.29) is 30.0 Å². The summed E-state index contributed by atoms with van der Waals surface area (Å²) in [6.45, 7) is 4.09. The second kappa shape index (κ2) is 7.16.